The summed E-state index contributed by atoms with van der Waals surface area (Å²) in [5.41, 5.74) is 0. The Morgan fingerprint density at radius 3 is 1.83 bits per heavy atom. The number of hydrogen-bond donors (Lipinski definition) is 0. The predicted octanol–water partition coefficient (Wildman–Crippen LogP) is 3.57. The summed E-state index contributed by atoms with van der Waals surface area (Å²) in [5.74, 6) is 6.15. The van der Waals surface area contributed by atoms with Crippen molar-refractivity contribution in [3.63, 3.8) is 0 Å². The summed E-state index contributed by atoms with van der Waals surface area (Å²) >= 11 is 0. The molecule has 2 saturated carbocycles. The monoisotopic (exact) mass is 166 g/mol. The molecule has 0 radical (unpaired) electrons. The normalized spacial score (nSPS) is 50.0. The zero-order valence-corrected chi connectivity index (χ0v) is 8.88. The van der Waals surface area contributed by atoms with E-state index < -0.39 is 0 Å². The Labute approximate surface area is 76.7 Å². The van der Waals surface area contributed by atoms with Crippen molar-refractivity contribution in [1.29, 1.82) is 0 Å². The smallest absolute Gasteiger partial charge is 0.0329 e. The lowest BCUT2D eigenvalue weighted by Gasteiger charge is -2.51. The number of hydrogen-bond acceptors (Lipinski definition) is 0. The van der Waals surface area contributed by atoms with Gasteiger partial charge in [-0.25, -0.2) is 0 Å². The second-order valence-electron chi connectivity index (χ2n) is 5.35. The van der Waals surface area contributed by atoms with Crippen LogP contribution in [0.15, 0.2) is 0 Å². The molecule has 0 aromatic carbocycles. The molecule has 2 fully saturated rings. The topological polar surface area (TPSA) is 0 Å². The molecule has 3 unspecified atom stereocenters. The third-order valence-corrected chi connectivity index (χ3v) is 4.85. The van der Waals surface area contributed by atoms with Crippen LogP contribution in [-0.2, 0) is 0 Å². The summed E-state index contributed by atoms with van der Waals surface area (Å²) in [6.45, 7) is 9.81. The van der Waals surface area contributed by atoms with Gasteiger partial charge in [0.15, 0.2) is 0 Å². The van der Waals surface area contributed by atoms with Crippen molar-refractivity contribution in [3.8, 4) is 0 Å². The first-order valence-electron chi connectivity index (χ1n) is 5.63. The lowest BCUT2D eigenvalue weighted by molar-refractivity contribution is -0.0290. The second kappa shape index (κ2) is 2.75. The van der Waals surface area contributed by atoms with Crippen LogP contribution in [0.2, 0.25) is 0 Å². The predicted molar refractivity (Wildman–Crippen MR) is 52.9 cm³/mol. The summed E-state index contributed by atoms with van der Waals surface area (Å²) in [7, 11) is 0. The third kappa shape index (κ3) is 1.11. The molecule has 0 nitrogen and oxygen atoms in total. The van der Waals surface area contributed by atoms with Crippen LogP contribution in [0.25, 0.3) is 0 Å². The van der Waals surface area contributed by atoms with Gasteiger partial charge in [-0.2, -0.15) is 0 Å². The van der Waals surface area contributed by atoms with Crippen LogP contribution in [0.4, 0.5) is 0 Å². The Bertz CT molecular complexity index is 159. The van der Waals surface area contributed by atoms with E-state index in [-0.39, 0.29) is 0 Å². The fourth-order valence-electron chi connectivity index (χ4n) is 3.41. The summed E-state index contributed by atoms with van der Waals surface area (Å²) in [5, 5.41) is 0. The van der Waals surface area contributed by atoms with Gasteiger partial charge < -0.3 is 0 Å². The highest BCUT2D eigenvalue weighted by Gasteiger charge is 2.48. The van der Waals surface area contributed by atoms with Crippen LogP contribution in [-0.4, -0.2) is 0 Å². The van der Waals surface area contributed by atoms with Crippen LogP contribution in [0.3, 0.4) is 0 Å². The molecule has 2 aliphatic rings. The molecule has 0 aromatic heterocycles. The van der Waals surface area contributed by atoms with E-state index >= 15 is 0 Å². The van der Waals surface area contributed by atoms with Crippen molar-refractivity contribution in [2.24, 2.45) is 35.5 Å². The van der Waals surface area contributed by atoms with Crippen molar-refractivity contribution in [1.82, 2.24) is 0 Å². The summed E-state index contributed by atoms with van der Waals surface area (Å²) in [6, 6.07) is 0. The minimum Gasteiger partial charge on any atom is -0.0620 e. The summed E-state index contributed by atoms with van der Waals surface area (Å²) in [4.78, 5) is 0. The third-order valence-electron chi connectivity index (χ3n) is 4.85. The zero-order valence-electron chi connectivity index (χ0n) is 8.88. The minimum absolute atomic E-state index is 0.983. The van der Waals surface area contributed by atoms with Gasteiger partial charge in [0.1, 0.15) is 0 Å². The molecule has 2 aliphatic carbocycles. The van der Waals surface area contributed by atoms with Crippen molar-refractivity contribution < 1.29 is 0 Å². The van der Waals surface area contributed by atoms with E-state index in [1.807, 2.05) is 0 Å². The maximum atomic E-state index is 2.49. The molecule has 0 saturated heterocycles. The molecule has 0 spiro atoms. The van der Waals surface area contributed by atoms with Crippen LogP contribution >= 0.6 is 0 Å². The molecule has 0 aromatic rings. The van der Waals surface area contributed by atoms with Gasteiger partial charge in [-0.15, -0.1) is 0 Å². The fraction of sp³-hybridized carbons (Fsp3) is 1.00. The summed E-state index contributed by atoms with van der Waals surface area (Å²) in [6.07, 6.45) is 3.04. The SMILES string of the molecule is CC1C(C)C(C(C)C2CC2)C1C. The quantitative estimate of drug-likeness (QED) is 0.588. The first-order valence-corrected chi connectivity index (χ1v) is 5.63. The molecule has 12 heavy (non-hydrogen) atoms. The van der Waals surface area contributed by atoms with Gasteiger partial charge in [0, 0.05) is 0 Å². The Balaban J connectivity index is 1.95. The molecule has 0 aliphatic heterocycles. The highest BCUT2D eigenvalue weighted by Crippen LogP contribution is 2.54. The van der Waals surface area contributed by atoms with Gasteiger partial charge in [0.2, 0.25) is 0 Å². The van der Waals surface area contributed by atoms with E-state index in [1.54, 1.807) is 0 Å². The molecule has 0 amide bonds. The standard InChI is InChI=1S/C12H22/c1-7-8(2)12(9(7)3)10(4)11-5-6-11/h7-12H,5-6H2,1-4H3. The lowest BCUT2D eigenvalue weighted by Crippen LogP contribution is -2.45. The van der Waals surface area contributed by atoms with Gasteiger partial charge in [0.05, 0.1) is 0 Å². The Morgan fingerprint density at radius 1 is 0.917 bits per heavy atom. The first-order chi connectivity index (χ1) is 5.63. The van der Waals surface area contributed by atoms with Crippen LogP contribution in [0.5, 0.6) is 0 Å². The van der Waals surface area contributed by atoms with Gasteiger partial charge in [-0.05, 0) is 48.3 Å². The van der Waals surface area contributed by atoms with E-state index in [2.05, 4.69) is 27.7 Å². The molecule has 2 rings (SSSR count). The molecular weight excluding hydrogens is 144 g/mol. The summed E-state index contributed by atoms with van der Waals surface area (Å²) < 4.78 is 0. The molecule has 0 bridgehead atoms. The molecule has 70 valence electrons. The Kier molecular flexibility index (Phi) is 1.97. The maximum absolute atomic E-state index is 2.49. The van der Waals surface area contributed by atoms with Gasteiger partial charge in [-0.3, -0.25) is 0 Å². The average Bonchev–Trinajstić information content (AvgIpc) is 2.86. The average molecular weight is 166 g/mol. The molecule has 0 heteroatoms. The van der Waals surface area contributed by atoms with E-state index in [9.17, 15) is 0 Å². The van der Waals surface area contributed by atoms with Crippen molar-refractivity contribution >= 4 is 0 Å². The van der Waals surface area contributed by atoms with E-state index in [0.717, 1.165) is 35.5 Å². The zero-order chi connectivity index (χ0) is 8.88. The van der Waals surface area contributed by atoms with E-state index in [4.69, 9.17) is 0 Å². The van der Waals surface area contributed by atoms with Crippen molar-refractivity contribution in [2.75, 3.05) is 0 Å². The van der Waals surface area contributed by atoms with Crippen LogP contribution < -0.4 is 0 Å². The van der Waals surface area contributed by atoms with Crippen molar-refractivity contribution in [3.05, 3.63) is 0 Å². The molecule has 3 atom stereocenters. The van der Waals surface area contributed by atoms with Crippen LogP contribution in [0, 0.1) is 35.5 Å². The van der Waals surface area contributed by atoms with Crippen molar-refractivity contribution in [2.45, 2.75) is 40.5 Å². The van der Waals surface area contributed by atoms with Gasteiger partial charge in [0.25, 0.3) is 0 Å². The molecule has 0 heterocycles. The van der Waals surface area contributed by atoms with E-state index in [1.165, 1.54) is 12.8 Å². The fourth-order valence-corrected chi connectivity index (χ4v) is 3.41. The van der Waals surface area contributed by atoms with E-state index in [0.29, 0.717) is 0 Å². The molecule has 0 N–H and O–H groups in total. The highest BCUT2D eigenvalue weighted by molar-refractivity contribution is 4.96. The first kappa shape index (κ1) is 8.59. The second-order valence-corrected chi connectivity index (χ2v) is 5.35. The minimum atomic E-state index is 0.983. The van der Waals surface area contributed by atoms with Crippen LogP contribution in [0.1, 0.15) is 40.5 Å². The lowest BCUT2D eigenvalue weighted by atomic mass is 9.54. The Morgan fingerprint density at radius 2 is 1.42 bits per heavy atom. The largest absolute Gasteiger partial charge is 0.0620 e. The number of rotatable bonds is 2. The Hall–Kier alpha value is 0. The van der Waals surface area contributed by atoms with Gasteiger partial charge in [-0.1, -0.05) is 27.7 Å². The maximum Gasteiger partial charge on any atom is -0.0329 e. The highest BCUT2D eigenvalue weighted by atomic mass is 14.5. The molecular formula is C12H22. The van der Waals surface area contributed by atoms with Gasteiger partial charge >= 0.3 is 0 Å².